The number of carbonyl (C=O) groups excluding carboxylic acids is 1. The first-order chi connectivity index (χ1) is 14.7. The second-order valence-electron chi connectivity index (χ2n) is 7.51. The van der Waals surface area contributed by atoms with E-state index in [1.165, 1.54) is 11.1 Å². The topological polar surface area (TPSA) is 49.6 Å². The Kier molecular flexibility index (Phi) is 5.01. The zero-order valence-electron chi connectivity index (χ0n) is 16.4. The minimum absolute atomic E-state index is 0.0937. The van der Waals surface area contributed by atoms with Gasteiger partial charge >= 0.3 is 0 Å². The molecule has 0 atom stereocenters. The van der Waals surface area contributed by atoms with Crippen LogP contribution in [0.4, 0.5) is 5.69 Å². The Morgan fingerprint density at radius 2 is 1.80 bits per heavy atom. The van der Waals surface area contributed by atoms with Crippen molar-refractivity contribution in [2.45, 2.75) is 19.5 Å². The van der Waals surface area contributed by atoms with Crippen molar-refractivity contribution in [2.24, 2.45) is 0 Å². The molecule has 0 saturated carbocycles. The SMILES string of the molecule is O=C(NCc1cn2cc(Br)ccc2n1)c1ccc(N2CCc3ccccc3C2)cc1. The number of fused-ring (bicyclic) bond motifs is 2. The van der Waals surface area contributed by atoms with Gasteiger partial charge in [-0.05, 0) is 69.9 Å². The fourth-order valence-corrected chi connectivity index (χ4v) is 4.27. The van der Waals surface area contributed by atoms with Gasteiger partial charge in [0.15, 0.2) is 0 Å². The largest absolute Gasteiger partial charge is 0.367 e. The number of imidazole rings is 1. The van der Waals surface area contributed by atoms with Crippen LogP contribution < -0.4 is 10.2 Å². The predicted molar refractivity (Wildman–Crippen MR) is 122 cm³/mol. The van der Waals surface area contributed by atoms with Crippen LogP contribution in [0.25, 0.3) is 5.65 Å². The zero-order valence-corrected chi connectivity index (χ0v) is 18.0. The number of anilines is 1. The summed E-state index contributed by atoms with van der Waals surface area (Å²) < 4.78 is 2.93. The smallest absolute Gasteiger partial charge is 0.251 e. The maximum Gasteiger partial charge on any atom is 0.251 e. The third kappa shape index (κ3) is 3.83. The summed E-state index contributed by atoms with van der Waals surface area (Å²) in [7, 11) is 0. The number of pyridine rings is 1. The second-order valence-corrected chi connectivity index (χ2v) is 8.43. The quantitative estimate of drug-likeness (QED) is 0.484. The fraction of sp³-hybridized carbons (Fsp3) is 0.167. The Hall–Kier alpha value is -3.12. The summed E-state index contributed by atoms with van der Waals surface area (Å²) in [6.07, 6.45) is 4.93. The first kappa shape index (κ1) is 18.9. The number of halogens is 1. The average molecular weight is 461 g/mol. The molecular weight excluding hydrogens is 440 g/mol. The molecule has 0 saturated heterocycles. The summed E-state index contributed by atoms with van der Waals surface area (Å²) in [5, 5.41) is 2.96. The maximum absolute atomic E-state index is 12.6. The molecule has 0 unspecified atom stereocenters. The molecule has 5 rings (SSSR count). The molecule has 1 N–H and O–H groups in total. The normalized spacial score (nSPS) is 13.3. The van der Waals surface area contributed by atoms with Crippen molar-refractivity contribution >= 4 is 33.2 Å². The minimum Gasteiger partial charge on any atom is -0.367 e. The summed E-state index contributed by atoms with van der Waals surface area (Å²) in [5.74, 6) is -0.0937. The molecule has 5 nitrogen and oxygen atoms in total. The molecule has 2 aromatic carbocycles. The van der Waals surface area contributed by atoms with Crippen LogP contribution in [-0.4, -0.2) is 21.8 Å². The highest BCUT2D eigenvalue weighted by atomic mass is 79.9. The van der Waals surface area contributed by atoms with E-state index in [4.69, 9.17) is 0 Å². The van der Waals surface area contributed by atoms with E-state index >= 15 is 0 Å². The van der Waals surface area contributed by atoms with Crippen LogP contribution in [-0.2, 0) is 19.5 Å². The van der Waals surface area contributed by atoms with Crippen LogP contribution in [0.3, 0.4) is 0 Å². The Balaban J connectivity index is 1.23. The van der Waals surface area contributed by atoms with Crippen LogP contribution in [0.5, 0.6) is 0 Å². The van der Waals surface area contributed by atoms with Gasteiger partial charge in [0.2, 0.25) is 0 Å². The molecule has 0 radical (unpaired) electrons. The van der Waals surface area contributed by atoms with Gasteiger partial charge in [0.05, 0.1) is 12.2 Å². The fourth-order valence-electron chi connectivity index (χ4n) is 3.92. The van der Waals surface area contributed by atoms with E-state index in [-0.39, 0.29) is 5.91 Å². The van der Waals surface area contributed by atoms with Crippen LogP contribution in [0.1, 0.15) is 27.2 Å². The highest BCUT2D eigenvalue weighted by Crippen LogP contribution is 2.24. The van der Waals surface area contributed by atoms with Gasteiger partial charge in [0, 0.05) is 41.2 Å². The van der Waals surface area contributed by atoms with Crippen molar-refractivity contribution in [1.82, 2.24) is 14.7 Å². The molecule has 1 aliphatic heterocycles. The number of rotatable bonds is 4. The van der Waals surface area contributed by atoms with Crippen LogP contribution >= 0.6 is 15.9 Å². The third-order valence-corrected chi connectivity index (χ3v) is 5.99. The molecule has 0 bridgehead atoms. The number of nitrogens with zero attached hydrogens (tertiary/aromatic N) is 3. The molecule has 1 aliphatic rings. The van der Waals surface area contributed by atoms with Gasteiger partial charge in [0.25, 0.3) is 5.91 Å². The van der Waals surface area contributed by atoms with Crippen molar-refractivity contribution in [3.05, 3.63) is 99.9 Å². The molecule has 4 aromatic rings. The van der Waals surface area contributed by atoms with Crippen molar-refractivity contribution in [3.63, 3.8) is 0 Å². The highest BCUT2D eigenvalue weighted by molar-refractivity contribution is 9.10. The van der Waals surface area contributed by atoms with Gasteiger partial charge in [-0.25, -0.2) is 4.98 Å². The number of benzene rings is 2. The molecule has 30 heavy (non-hydrogen) atoms. The molecule has 150 valence electrons. The summed E-state index contributed by atoms with van der Waals surface area (Å²) >= 11 is 3.46. The monoisotopic (exact) mass is 460 g/mol. The van der Waals surface area contributed by atoms with E-state index in [0.717, 1.165) is 41.0 Å². The standard InChI is InChI=1S/C24H21BrN4O/c25-20-7-10-23-27-21(16-29(23)15-20)13-26-24(30)18-5-8-22(9-6-18)28-12-11-17-3-1-2-4-19(17)14-28/h1-10,15-16H,11-14H2,(H,26,30). The lowest BCUT2D eigenvalue weighted by molar-refractivity contribution is 0.0950. The van der Waals surface area contributed by atoms with Crippen LogP contribution in [0, 0.1) is 0 Å². The van der Waals surface area contributed by atoms with E-state index in [1.54, 1.807) is 0 Å². The Morgan fingerprint density at radius 1 is 1.00 bits per heavy atom. The van der Waals surface area contributed by atoms with Gasteiger partial charge in [-0.3, -0.25) is 4.79 Å². The van der Waals surface area contributed by atoms with E-state index in [9.17, 15) is 4.79 Å². The van der Waals surface area contributed by atoms with Gasteiger partial charge in [0.1, 0.15) is 5.65 Å². The van der Waals surface area contributed by atoms with Crippen LogP contribution in [0.15, 0.2) is 77.5 Å². The average Bonchev–Trinajstić information content (AvgIpc) is 3.19. The minimum atomic E-state index is -0.0937. The summed E-state index contributed by atoms with van der Waals surface area (Å²) in [5.41, 5.74) is 6.30. The molecule has 0 fully saturated rings. The number of hydrogen-bond donors (Lipinski definition) is 1. The summed E-state index contributed by atoms with van der Waals surface area (Å²) in [6, 6.07) is 20.4. The lowest BCUT2D eigenvalue weighted by Gasteiger charge is -2.30. The number of hydrogen-bond acceptors (Lipinski definition) is 3. The van der Waals surface area contributed by atoms with Crippen molar-refractivity contribution in [1.29, 1.82) is 0 Å². The van der Waals surface area contributed by atoms with Crippen molar-refractivity contribution < 1.29 is 4.79 Å². The van der Waals surface area contributed by atoms with Gasteiger partial charge < -0.3 is 14.6 Å². The molecule has 3 heterocycles. The van der Waals surface area contributed by atoms with E-state index in [1.807, 2.05) is 53.2 Å². The summed E-state index contributed by atoms with van der Waals surface area (Å²) in [4.78, 5) is 19.5. The number of aromatic nitrogens is 2. The lowest BCUT2D eigenvalue weighted by Crippen LogP contribution is -2.30. The predicted octanol–water partition coefficient (Wildman–Crippen LogP) is 4.59. The number of nitrogens with one attached hydrogen (secondary N) is 1. The Bertz CT molecular complexity index is 1220. The molecule has 6 heteroatoms. The first-order valence-electron chi connectivity index (χ1n) is 9.99. The third-order valence-electron chi connectivity index (χ3n) is 5.52. The molecule has 2 aromatic heterocycles. The van der Waals surface area contributed by atoms with Crippen molar-refractivity contribution in [3.8, 4) is 0 Å². The summed E-state index contributed by atoms with van der Waals surface area (Å²) in [6.45, 7) is 2.29. The molecule has 0 spiro atoms. The number of amides is 1. The van der Waals surface area contributed by atoms with E-state index in [0.29, 0.717) is 12.1 Å². The molecular formula is C24H21BrN4O. The molecule has 1 amide bonds. The zero-order chi connectivity index (χ0) is 20.5. The Morgan fingerprint density at radius 3 is 2.63 bits per heavy atom. The first-order valence-corrected chi connectivity index (χ1v) is 10.8. The second kappa shape index (κ2) is 7.95. The van der Waals surface area contributed by atoms with Crippen LogP contribution in [0.2, 0.25) is 0 Å². The van der Waals surface area contributed by atoms with E-state index < -0.39 is 0 Å². The highest BCUT2D eigenvalue weighted by Gasteiger charge is 2.16. The number of carbonyl (C=O) groups is 1. The van der Waals surface area contributed by atoms with Gasteiger partial charge in [-0.1, -0.05) is 24.3 Å². The maximum atomic E-state index is 12.6. The van der Waals surface area contributed by atoms with Gasteiger partial charge in [-0.2, -0.15) is 0 Å². The van der Waals surface area contributed by atoms with Crippen molar-refractivity contribution in [2.75, 3.05) is 11.4 Å². The lowest BCUT2D eigenvalue weighted by atomic mass is 9.99. The molecule has 0 aliphatic carbocycles. The van der Waals surface area contributed by atoms with Gasteiger partial charge in [-0.15, -0.1) is 0 Å². The Labute approximate surface area is 183 Å². The van der Waals surface area contributed by atoms with E-state index in [2.05, 4.69) is 55.4 Å².